The van der Waals surface area contributed by atoms with Gasteiger partial charge in [-0.05, 0) is 46.0 Å². The van der Waals surface area contributed by atoms with Crippen molar-refractivity contribution < 1.29 is 0 Å². The summed E-state index contributed by atoms with van der Waals surface area (Å²) in [5, 5.41) is 11.4. The quantitative estimate of drug-likeness (QED) is 0.834. The summed E-state index contributed by atoms with van der Waals surface area (Å²) in [7, 11) is 0. The second-order valence-electron chi connectivity index (χ2n) is 5.06. The molecule has 6 heteroatoms. The molecule has 0 spiro atoms. The summed E-state index contributed by atoms with van der Waals surface area (Å²) in [5.74, 6) is 0.895. The van der Waals surface area contributed by atoms with Gasteiger partial charge in [-0.1, -0.05) is 0 Å². The lowest BCUT2D eigenvalue weighted by atomic mass is 10.1. The predicted molar refractivity (Wildman–Crippen MR) is 68.4 cm³/mol. The highest BCUT2D eigenvalue weighted by Crippen LogP contribution is 2.22. The summed E-state index contributed by atoms with van der Waals surface area (Å²) >= 11 is 5.28. The van der Waals surface area contributed by atoms with E-state index in [-0.39, 0.29) is 11.6 Å². The van der Waals surface area contributed by atoms with Crippen molar-refractivity contribution in [1.82, 2.24) is 24.5 Å². The highest BCUT2D eigenvalue weighted by Gasteiger charge is 2.23. The predicted octanol–water partition coefficient (Wildman–Crippen LogP) is 2.50. The fourth-order valence-electron chi connectivity index (χ4n) is 1.87. The van der Waals surface area contributed by atoms with Crippen molar-refractivity contribution in [2.24, 2.45) is 0 Å². The molecule has 0 fully saturated rings. The van der Waals surface area contributed by atoms with Gasteiger partial charge in [0.05, 0.1) is 0 Å². The van der Waals surface area contributed by atoms with Gasteiger partial charge < -0.3 is 0 Å². The Kier molecular flexibility index (Phi) is 2.91. The molecule has 0 aliphatic heterocycles. The third kappa shape index (κ3) is 2.17. The number of rotatable bonds is 2. The lowest BCUT2D eigenvalue weighted by molar-refractivity contribution is 0.358. The Balaban J connectivity index is 2.51. The molecule has 0 aromatic carbocycles. The number of aromatic nitrogens is 5. The SMILES string of the molecule is CC(c1n[nH]c(=S)n1C(C)(C)C)n1cccn1. The van der Waals surface area contributed by atoms with E-state index in [1.54, 1.807) is 6.20 Å². The van der Waals surface area contributed by atoms with E-state index in [1.165, 1.54) is 0 Å². The van der Waals surface area contributed by atoms with Crippen LogP contribution in [0.3, 0.4) is 0 Å². The molecule has 2 aromatic heterocycles. The second-order valence-corrected chi connectivity index (χ2v) is 5.44. The van der Waals surface area contributed by atoms with Crippen molar-refractivity contribution in [2.45, 2.75) is 39.3 Å². The van der Waals surface area contributed by atoms with Crippen LogP contribution < -0.4 is 0 Å². The minimum atomic E-state index is -0.0964. The van der Waals surface area contributed by atoms with Crippen molar-refractivity contribution in [3.05, 3.63) is 29.1 Å². The second kappa shape index (κ2) is 4.10. The van der Waals surface area contributed by atoms with Gasteiger partial charge in [0, 0.05) is 17.9 Å². The van der Waals surface area contributed by atoms with Crippen LogP contribution in [0.4, 0.5) is 0 Å². The Morgan fingerprint density at radius 3 is 2.65 bits per heavy atom. The van der Waals surface area contributed by atoms with Crippen molar-refractivity contribution in [2.75, 3.05) is 0 Å². The lowest BCUT2D eigenvalue weighted by Gasteiger charge is -2.24. The largest absolute Gasteiger partial charge is 0.297 e. The minimum absolute atomic E-state index is 0.0529. The first-order valence-electron chi connectivity index (χ1n) is 5.58. The normalized spacial score (nSPS) is 13.9. The number of hydrogen-bond donors (Lipinski definition) is 1. The van der Waals surface area contributed by atoms with E-state index in [0.717, 1.165) is 5.82 Å². The molecule has 0 aliphatic carbocycles. The van der Waals surface area contributed by atoms with Crippen LogP contribution in [0.2, 0.25) is 0 Å². The van der Waals surface area contributed by atoms with Crippen molar-refractivity contribution >= 4 is 12.2 Å². The Hall–Kier alpha value is -1.43. The van der Waals surface area contributed by atoms with Gasteiger partial charge in [-0.2, -0.15) is 10.2 Å². The van der Waals surface area contributed by atoms with Crippen LogP contribution >= 0.6 is 12.2 Å². The molecule has 0 saturated carbocycles. The molecule has 5 nitrogen and oxygen atoms in total. The Labute approximate surface area is 105 Å². The van der Waals surface area contributed by atoms with Gasteiger partial charge in [0.2, 0.25) is 0 Å². The molecule has 92 valence electrons. The average Bonchev–Trinajstić information content (AvgIpc) is 2.83. The van der Waals surface area contributed by atoms with Gasteiger partial charge in [0.25, 0.3) is 0 Å². The summed E-state index contributed by atoms with van der Waals surface area (Å²) in [5.41, 5.74) is -0.0964. The maximum Gasteiger partial charge on any atom is 0.195 e. The summed E-state index contributed by atoms with van der Waals surface area (Å²) in [4.78, 5) is 0. The van der Waals surface area contributed by atoms with Crippen LogP contribution in [-0.2, 0) is 5.54 Å². The molecule has 1 unspecified atom stereocenters. The molecule has 0 amide bonds. The first-order valence-corrected chi connectivity index (χ1v) is 5.99. The highest BCUT2D eigenvalue weighted by molar-refractivity contribution is 7.71. The fraction of sp³-hybridized carbons (Fsp3) is 0.545. The smallest absolute Gasteiger partial charge is 0.195 e. The minimum Gasteiger partial charge on any atom is -0.297 e. The van der Waals surface area contributed by atoms with E-state index >= 15 is 0 Å². The van der Waals surface area contributed by atoms with Crippen LogP contribution in [0, 0.1) is 4.77 Å². The third-order valence-electron chi connectivity index (χ3n) is 2.66. The average molecular weight is 251 g/mol. The molecule has 2 heterocycles. The molecule has 0 aliphatic rings. The maximum atomic E-state index is 5.28. The van der Waals surface area contributed by atoms with Gasteiger partial charge in [0.15, 0.2) is 10.6 Å². The third-order valence-corrected chi connectivity index (χ3v) is 2.94. The molecule has 2 aromatic rings. The van der Waals surface area contributed by atoms with E-state index in [0.29, 0.717) is 4.77 Å². The van der Waals surface area contributed by atoms with E-state index in [9.17, 15) is 0 Å². The van der Waals surface area contributed by atoms with Crippen molar-refractivity contribution in [3.63, 3.8) is 0 Å². The summed E-state index contributed by atoms with van der Waals surface area (Å²) in [6.45, 7) is 8.38. The number of aromatic amines is 1. The van der Waals surface area contributed by atoms with Crippen molar-refractivity contribution in [3.8, 4) is 0 Å². The van der Waals surface area contributed by atoms with Crippen LogP contribution in [0.15, 0.2) is 18.5 Å². The standard InChI is InChI=1S/C11H17N5S/c1-8(15-7-5-6-12-15)9-13-14-10(17)16(9)11(2,3)4/h5-8H,1-4H3,(H,14,17). The number of nitrogens with one attached hydrogen (secondary N) is 1. The molecule has 0 saturated heterocycles. The number of H-pyrrole nitrogens is 1. The fourth-order valence-corrected chi connectivity index (χ4v) is 2.28. The zero-order chi connectivity index (χ0) is 12.6. The highest BCUT2D eigenvalue weighted by atomic mass is 32.1. The van der Waals surface area contributed by atoms with Gasteiger partial charge in [-0.3, -0.25) is 14.3 Å². The maximum absolute atomic E-state index is 5.28. The molecule has 2 rings (SSSR count). The zero-order valence-corrected chi connectivity index (χ0v) is 11.3. The molecule has 17 heavy (non-hydrogen) atoms. The van der Waals surface area contributed by atoms with Gasteiger partial charge in [0.1, 0.15) is 6.04 Å². The van der Waals surface area contributed by atoms with E-state index in [2.05, 4.69) is 43.0 Å². The van der Waals surface area contributed by atoms with E-state index < -0.39 is 0 Å². The molecule has 0 radical (unpaired) electrons. The van der Waals surface area contributed by atoms with Crippen LogP contribution in [-0.4, -0.2) is 24.5 Å². The van der Waals surface area contributed by atoms with Crippen molar-refractivity contribution in [1.29, 1.82) is 0 Å². The van der Waals surface area contributed by atoms with Crippen LogP contribution in [0.25, 0.3) is 0 Å². The van der Waals surface area contributed by atoms with Gasteiger partial charge >= 0.3 is 0 Å². The Bertz CT molecular complexity index is 543. The van der Waals surface area contributed by atoms with Gasteiger partial charge in [-0.25, -0.2) is 0 Å². The molecule has 0 bridgehead atoms. The first kappa shape index (κ1) is 12.0. The molecular formula is C11H17N5S. The molecule has 1 atom stereocenters. The van der Waals surface area contributed by atoms with Crippen LogP contribution in [0.5, 0.6) is 0 Å². The molecule has 1 N–H and O–H groups in total. The van der Waals surface area contributed by atoms with Gasteiger partial charge in [-0.15, -0.1) is 0 Å². The number of nitrogens with zero attached hydrogens (tertiary/aromatic N) is 4. The zero-order valence-electron chi connectivity index (χ0n) is 10.5. The number of hydrogen-bond acceptors (Lipinski definition) is 3. The summed E-state index contributed by atoms with van der Waals surface area (Å²) in [6, 6.07) is 1.95. The summed E-state index contributed by atoms with van der Waals surface area (Å²) in [6.07, 6.45) is 3.69. The topological polar surface area (TPSA) is 51.4 Å². The molecular weight excluding hydrogens is 234 g/mol. The Morgan fingerprint density at radius 2 is 2.12 bits per heavy atom. The van der Waals surface area contributed by atoms with Crippen LogP contribution in [0.1, 0.15) is 39.6 Å². The van der Waals surface area contributed by atoms with E-state index in [1.807, 2.05) is 21.5 Å². The van der Waals surface area contributed by atoms with E-state index in [4.69, 9.17) is 12.2 Å². The lowest BCUT2D eigenvalue weighted by Crippen LogP contribution is -2.27. The summed E-state index contributed by atoms with van der Waals surface area (Å²) < 4.78 is 4.55. The Morgan fingerprint density at radius 1 is 1.41 bits per heavy atom. The first-order chi connectivity index (χ1) is 7.91. The monoisotopic (exact) mass is 251 g/mol.